The van der Waals surface area contributed by atoms with Gasteiger partial charge in [-0.05, 0) is 24.3 Å². The van der Waals surface area contributed by atoms with E-state index >= 15 is 0 Å². The fraction of sp³-hybridized carbons (Fsp3) is 0.182. The number of rotatable bonds is 2. The first-order valence-corrected chi connectivity index (χ1v) is 4.44. The molecule has 71 valence electrons. The molecule has 14 heavy (non-hydrogen) atoms. The zero-order valence-corrected chi connectivity index (χ0v) is 8.31. The Hall–Kier alpha value is -1.77. The van der Waals surface area contributed by atoms with Gasteiger partial charge in [0.25, 0.3) is 0 Å². The first-order valence-electron chi connectivity index (χ1n) is 4.44. The van der Waals surface area contributed by atoms with E-state index in [4.69, 9.17) is 0 Å². The second-order valence-electron chi connectivity index (χ2n) is 3.31. The van der Waals surface area contributed by atoms with E-state index in [0.717, 1.165) is 11.4 Å². The molecule has 0 fully saturated rings. The van der Waals surface area contributed by atoms with Crippen molar-refractivity contribution in [3.63, 3.8) is 0 Å². The van der Waals surface area contributed by atoms with Crippen molar-refractivity contribution in [1.29, 1.82) is 0 Å². The van der Waals surface area contributed by atoms with Gasteiger partial charge in [-0.2, -0.15) is 0 Å². The molecule has 0 saturated heterocycles. The molecule has 1 aromatic carbocycles. The SMILES string of the molecule is CN(C)c1c[c]cc(-n2ccnc2)c1. The average molecular weight is 186 g/mol. The number of aromatic nitrogens is 2. The zero-order valence-electron chi connectivity index (χ0n) is 8.31. The third-order valence-corrected chi connectivity index (χ3v) is 2.08. The van der Waals surface area contributed by atoms with Gasteiger partial charge in [0.05, 0.1) is 6.33 Å². The van der Waals surface area contributed by atoms with Crippen LogP contribution < -0.4 is 4.90 Å². The van der Waals surface area contributed by atoms with Crippen LogP contribution in [-0.2, 0) is 0 Å². The van der Waals surface area contributed by atoms with Crippen LogP contribution in [0, 0.1) is 6.07 Å². The van der Waals surface area contributed by atoms with Gasteiger partial charge in [0.1, 0.15) is 0 Å². The lowest BCUT2D eigenvalue weighted by atomic mass is 10.2. The lowest BCUT2D eigenvalue weighted by molar-refractivity contribution is 1.05. The molecule has 0 aliphatic carbocycles. The van der Waals surface area contributed by atoms with E-state index in [1.165, 1.54) is 0 Å². The Morgan fingerprint density at radius 2 is 2.21 bits per heavy atom. The van der Waals surface area contributed by atoms with Crippen LogP contribution >= 0.6 is 0 Å². The second kappa shape index (κ2) is 3.54. The fourth-order valence-corrected chi connectivity index (χ4v) is 1.27. The van der Waals surface area contributed by atoms with E-state index in [9.17, 15) is 0 Å². The highest BCUT2D eigenvalue weighted by molar-refractivity contribution is 5.51. The lowest BCUT2D eigenvalue weighted by Crippen LogP contribution is -2.08. The molecule has 0 bridgehead atoms. The highest BCUT2D eigenvalue weighted by atomic mass is 15.1. The molecule has 0 aliphatic rings. The largest absolute Gasteiger partial charge is 0.378 e. The van der Waals surface area contributed by atoms with E-state index in [1.54, 1.807) is 12.5 Å². The van der Waals surface area contributed by atoms with E-state index in [-0.39, 0.29) is 0 Å². The monoisotopic (exact) mass is 186 g/mol. The molecule has 1 heterocycles. The van der Waals surface area contributed by atoms with Crippen LogP contribution in [0.4, 0.5) is 5.69 Å². The molecule has 2 aromatic rings. The van der Waals surface area contributed by atoms with Crippen LogP contribution in [0.2, 0.25) is 0 Å². The van der Waals surface area contributed by atoms with Gasteiger partial charge in [-0.1, -0.05) is 0 Å². The van der Waals surface area contributed by atoms with Crippen molar-refractivity contribution < 1.29 is 0 Å². The van der Waals surface area contributed by atoms with Gasteiger partial charge in [0.15, 0.2) is 0 Å². The molecule has 0 N–H and O–H groups in total. The Morgan fingerprint density at radius 3 is 2.86 bits per heavy atom. The standard InChI is InChI=1S/C11H12N3/c1-13(2)10-4-3-5-11(8-10)14-7-6-12-9-14/h4-9H,1-2H3. The summed E-state index contributed by atoms with van der Waals surface area (Å²) in [5.74, 6) is 0. The summed E-state index contributed by atoms with van der Waals surface area (Å²) in [5.41, 5.74) is 2.21. The summed E-state index contributed by atoms with van der Waals surface area (Å²) in [6, 6.07) is 9.10. The summed E-state index contributed by atoms with van der Waals surface area (Å²) in [5, 5.41) is 0. The summed E-state index contributed by atoms with van der Waals surface area (Å²) in [4.78, 5) is 6.06. The van der Waals surface area contributed by atoms with Crippen molar-refractivity contribution in [1.82, 2.24) is 9.55 Å². The highest BCUT2D eigenvalue weighted by Crippen LogP contribution is 2.15. The number of hydrogen-bond acceptors (Lipinski definition) is 2. The molecule has 0 saturated carbocycles. The molecular weight excluding hydrogens is 174 g/mol. The lowest BCUT2D eigenvalue weighted by Gasteiger charge is -2.13. The number of benzene rings is 1. The summed E-state index contributed by atoms with van der Waals surface area (Å²) in [6.07, 6.45) is 5.47. The van der Waals surface area contributed by atoms with E-state index in [1.807, 2.05) is 37.0 Å². The van der Waals surface area contributed by atoms with Crippen LogP contribution in [0.5, 0.6) is 0 Å². The topological polar surface area (TPSA) is 21.1 Å². The number of anilines is 1. The Kier molecular flexibility index (Phi) is 2.23. The zero-order chi connectivity index (χ0) is 9.97. The molecule has 0 unspecified atom stereocenters. The Morgan fingerprint density at radius 1 is 1.36 bits per heavy atom. The van der Waals surface area contributed by atoms with Gasteiger partial charge < -0.3 is 9.47 Å². The van der Waals surface area contributed by atoms with Crippen molar-refractivity contribution in [3.05, 3.63) is 43.0 Å². The predicted molar refractivity (Wildman–Crippen MR) is 56.7 cm³/mol. The third-order valence-electron chi connectivity index (χ3n) is 2.08. The summed E-state index contributed by atoms with van der Waals surface area (Å²) < 4.78 is 1.96. The number of nitrogens with zero attached hydrogens (tertiary/aromatic N) is 3. The van der Waals surface area contributed by atoms with Crippen LogP contribution in [0.25, 0.3) is 5.69 Å². The smallest absolute Gasteiger partial charge is 0.0991 e. The van der Waals surface area contributed by atoms with E-state index in [2.05, 4.69) is 22.0 Å². The maximum atomic E-state index is 4.01. The van der Waals surface area contributed by atoms with Crippen molar-refractivity contribution >= 4 is 5.69 Å². The molecule has 0 amide bonds. The molecule has 3 heteroatoms. The van der Waals surface area contributed by atoms with Gasteiger partial charge in [0, 0.05) is 37.9 Å². The minimum absolute atomic E-state index is 1.08. The van der Waals surface area contributed by atoms with Crippen LogP contribution in [0.3, 0.4) is 0 Å². The predicted octanol–water partition coefficient (Wildman–Crippen LogP) is 1.74. The average Bonchev–Trinajstić information content (AvgIpc) is 2.71. The van der Waals surface area contributed by atoms with Gasteiger partial charge in [-0.3, -0.25) is 0 Å². The van der Waals surface area contributed by atoms with Crippen molar-refractivity contribution in [2.45, 2.75) is 0 Å². The van der Waals surface area contributed by atoms with Crippen molar-refractivity contribution in [3.8, 4) is 5.69 Å². The minimum atomic E-state index is 1.08. The van der Waals surface area contributed by atoms with Crippen LogP contribution in [0.1, 0.15) is 0 Å². The number of hydrogen-bond donors (Lipinski definition) is 0. The van der Waals surface area contributed by atoms with E-state index in [0.29, 0.717) is 0 Å². The quantitative estimate of drug-likeness (QED) is 0.712. The van der Waals surface area contributed by atoms with Gasteiger partial charge >= 0.3 is 0 Å². The number of imidazole rings is 1. The second-order valence-corrected chi connectivity index (χ2v) is 3.31. The molecule has 0 atom stereocenters. The first-order chi connectivity index (χ1) is 6.77. The molecular formula is C11H12N3. The third kappa shape index (κ3) is 1.62. The maximum Gasteiger partial charge on any atom is 0.0991 e. The fourth-order valence-electron chi connectivity index (χ4n) is 1.27. The van der Waals surface area contributed by atoms with Crippen molar-refractivity contribution in [2.24, 2.45) is 0 Å². The summed E-state index contributed by atoms with van der Waals surface area (Å²) in [6.45, 7) is 0. The first kappa shape index (κ1) is 8.81. The molecule has 3 nitrogen and oxygen atoms in total. The Balaban J connectivity index is 2.41. The normalized spacial score (nSPS) is 10.1. The minimum Gasteiger partial charge on any atom is -0.378 e. The van der Waals surface area contributed by atoms with Crippen molar-refractivity contribution in [2.75, 3.05) is 19.0 Å². The maximum absolute atomic E-state index is 4.01. The molecule has 0 aliphatic heterocycles. The van der Waals surface area contributed by atoms with Crippen LogP contribution in [0.15, 0.2) is 36.9 Å². The van der Waals surface area contributed by atoms with Gasteiger partial charge in [-0.25, -0.2) is 4.98 Å². The Labute approximate surface area is 83.6 Å². The molecule has 1 aromatic heterocycles. The Bertz CT molecular complexity index is 404. The van der Waals surface area contributed by atoms with Crippen LogP contribution in [-0.4, -0.2) is 23.6 Å². The van der Waals surface area contributed by atoms with E-state index < -0.39 is 0 Å². The molecule has 2 rings (SSSR count). The molecule has 0 spiro atoms. The summed E-state index contributed by atoms with van der Waals surface area (Å²) >= 11 is 0. The molecule has 1 radical (unpaired) electrons. The van der Waals surface area contributed by atoms with Gasteiger partial charge in [0.2, 0.25) is 0 Å². The summed E-state index contributed by atoms with van der Waals surface area (Å²) in [7, 11) is 4.03. The highest BCUT2D eigenvalue weighted by Gasteiger charge is 1.98. The van der Waals surface area contributed by atoms with Gasteiger partial charge in [-0.15, -0.1) is 0 Å².